The molecule has 1 aromatic heterocycles. The van der Waals surface area contributed by atoms with E-state index in [2.05, 4.69) is 15.2 Å². The summed E-state index contributed by atoms with van der Waals surface area (Å²) in [4.78, 5) is 24.5. The molecule has 0 saturated carbocycles. The first-order valence-corrected chi connectivity index (χ1v) is 9.41. The van der Waals surface area contributed by atoms with Gasteiger partial charge in [-0.1, -0.05) is 0 Å². The summed E-state index contributed by atoms with van der Waals surface area (Å²) in [6, 6.07) is 12.7. The van der Waals surface area contributed by atoms with E-state index in [1.54, 1.807) is 18.2 Å². The number of anilines is 1. The van der Waals surface area contributed by atoms with Crippen molar-refractivity contribution in [1.82, 2.24) is 9.78 Å². The molecule has 0 saturated heterocycles. The zero-order valence-corrected chi connectivity index (χ0v) is 16.4. The fourth-order valence-electron chi connectivity index (χ4n) is 3.00. The molecule has 1 aliphatic heterocycles. The van der Waals surface area contributed by atoms with E-state index in [0.29, 0.717) is 36.0 Å². The van der Waals surface area contributed by atoms with Gasteiger partial charge >= 0.3 is 6.36 Å². The SMILES string of the molecule is O=C(Cn1nc(-c2ccc3c(c2)OCCO3)ccc1=O)Nc1ccc(OC(F)(F)F)cc1. The van der Waals surface area contributed by atoms with Crippen LogP contribution in [-0.2, 0) is 11.3 Å². The molecule has 3 aromatic rings. The van der Waals surface area contributed by atoms with Crippen molar-refractivity contribution in [2.24, 2.45) is 0 Å². The van der Waals surface area contributed by atoms with E-state index < -0.39 is 30.1 Å². The normalized spacial score (nSPS) is 12.8. The molecule has 8 nitrogen and oxygen atoms in total. The lowest BCUT2D eigenvalue weighted by Gasteiger charge is -2.18. The van der Waals surface area contributed by atoms with Crippen LogP contribution in [0.25, 0.3) is 11.3 Å². The number of nitrogens with one attached hydrogen (secondary N) is 1. The van der Waals surface area contributed by atoms with Gasteiger partial charge in [0.25, 0.3) is 5.56 Å². The summed E-state index contributed by atoms with van der Waals surface area (Å²) >= 11 is 0. The van der Waals surface area contributed by atoms with Crippen LogP contribution in [0.5, 0.6) is 17.2 Å². The van der Waals surface area contributed by atoms with Crippen molar-refractivity contribution in [2.45, 2.75) is 12.9 Å². The molecule has 32 heavy (non-hydrogen) atoms. The van der Waals surface area contributed by atoms with Crippen LogP contribution in [0.1, 0.15) is 0 Å². The Morgan fingerprint density at radius 1 is 1.03 bits per heavy atom. The van der Waals surface area contributed by atoms with Crippen molar-refractivity contribution in [3.05, 3.63) is 65.0 Å². The first-order chi connectivity index (χ1) is 15.3. The predicted octanol–water partition coefficient (Wildman–Crippen LogP) is 3.22. The number of halogens is 3. The number of alkyl halides is 3. The zero-order chi connectivity index (χ0) is 22.7. The maximum Gasteiger partial charge on any atom is 0.573 e. The predicted molar refractivity (Wildman–Crippen MR) is 107 cm³/mol. The second-order valence-corrected chi connectivity index (χ2v) is 6.69. The van der Waals surface area contributed by atoms with Crippen molar-refractivity contribution in [2.75, 3.05) is 18.5 Å². The highest BCUT2D eigenvalue weighted by atomic mass is 19.4. The van der Waals surface area contributed by atoms with E-state index in [0.717, 1.165) is 16.8 Å². The van der Waals surface area contributed by atoms with Crippen LogP contribution in [0.15, 0.2) is 59.4 Å². The van der Waals surface area contributed by atoms with Crippen LogP contribution in [0.2, 0.25) is 0 Å². The topological polar surface area (TPSA) is 91.7 Å². The van der Waals surface area contributed by atoms with Crippen molar-refractivity contribution < 1.29 is 32.2 Å². The Labute approximate surface area is 179 Å². The zero-order valence-electron chi connectivity index (χ0n) is 16.4. The quantitative estimate of drug-likeness (QED) is 0.646. The molecular weight excluding hydrogens is 431 g/mol. The summed E-state index contributed by atoms with van der Waals surface area (Å²) < 4.78 is 52.5. The number of carbonyl (C=O) groups excluding carboxylic acids is 1. The summed E-state index contributed by atoms with van der Waals surface area (Å²) in [5.41, 5.74) is 0.864. The number of hydrogen-bond acceptors (Lipinski definition) is 6. The summed E-state index contributed by atoms with van der Waals surface area (Å²) in [6.45, 7) is 0.494. The first-order valence-electron chi connectivity index (χ1n) is 9.41. The Morgan fingerprint density at radius 2 is 1.75 bits per heavy atom. The number of ether oxygens (including phenoxy) is 3. The lowest BCUT2D eigenvalue weighted by atomic mass is 10.1. The van der Waals surface area contributed by atoms with E-state index in [4.69, 9.17) is 9.47 Å². The van der Waals surface area contributed by atoms with Crippen LogP contribution < -0.4 is 25.1 Å². The van der Waals surface area contributed by atoms with E-state index in [-0.39, 0.29) is 5.69 Å². The molecule has 1 N–H and O–H groups in total. The molecule has 0 unspecified atom stereocenters. The minimum Gasteiger partial charge on any atom is -0.486 e. The second kappa shape index (κ2) is 8.61. The molecule has 0 bridgehead atoms. The molecule has 4 rings (SSSR count). The summed E-state index contributed by atoms with van der Waals surface area (Å²) in [5, 5.41) is 6.73. The molecule has 1 amide bonds. The average molecular weight is 447 g/mol. The molecule has 166 valence electrons. The number of carbonyl (C=O) groups is 1. The van der Waals surface area contributed by atoms with E-state index >= 15 is 0 Å². The number of benzene rings is 2. The fourth-order valence-corrected chi connectivity index (χ4v) is 3.00. The molecule has 11 heteroatoms. The highest BCUT2D eigenvalue weighted by molar-refractivity contribution is 5.90. The van der Waals surface area contributed by atoms with Gasteiger partial charge in [-0.25, -0.2) is 4.68 Å². The monoisotopic (exact) mass is 447 g/mol. The Hall–Kier alpha value is -4.02. The number of aromatic nitrogens is 2. The molecule has 2 heterocycles. The van der Waals surface area contributed by atoms with Gasteiger partial charge in [0.15, 0.2) is 11.5 Å². The van der Waals surface area contributed by atoms with Crippen molar-refractivity contribution in [1.29, 1.82) is 0 Å². The van der Waals surface area contributed by atoms with Crippen molar-refractivity contribution in [3.63, 3.8) is 0 Å². The van der Waals surface area contributed by atoms with Crippen molar-refractivity contribution >= 4 is 11.6 Å². The maximum atomic E-state index is 12.3. The van der Waals surface area contributed by atoms with Crippen molar-refractivity contribution in [3.8, 4) is 28.5 Å². The molecule has 1 aliphatic rings. The van der Waals surface area contributed by atoms with Gasteiger partial charge in [-0.2, -0.15) is 5.10 Å². The van der Waals surface area contributed by atoms with Gasteiger partial charge in [0, 0.05) is 17.3 Å². The standard InChI is InChI=1S/C21H16F3N3O5/c22-21(23,24)32-15-4-2-14(3-5-15)25-19(28)12-27-20(29)8-6-16(26-27)13-1-7-17-18(11-13)31-10-9-30-17/h1-8,11H,9-10,12H2,(H,25,28). The third-order valence-electron chi connectivity index (χ3n) is 4.37. The third-order valence-corrected chi connectivity index (χ3v) is 4.37. The Balaban J connectivity index is 1.46. The lowest BCUT2D eigenvalue weighted by molar-refractivity contribution is -0.274. The number of hydrogen-bond donors (Lipinski definition) is 1. The van der Waals surface area contributed by atoms with Gasteiger partial charge in [0.1, 0.15) is 25.5 Å². The Bertz CT molecular complexity index is 1190. The van der Waals surface area contributed by atoms with Crippen LogP contribution in [0.4, 0.5) is 18.9 Å². The minimum atomic E-state index is -4.81. The summed E-state index contributed by atoms with van der Waals surface area (Å²) in [5.74, 6) is 0.173. The highest BCUT2D eigenvalue weighted by Crippen LogP contribution is 2.33. The average Bonchev–Trinajstić information content (AvgIpc) is 2.75. The van der Waals surface area contributed by atoms with Gasteiger partial charge in [-0.15, -0.1) is 13.2 Å². The number of rotatable bonds is 5. The second-order valence-electron chi connectivity index (χ2n) is 6.69. The van der Waals surface area contributed by atoms with Gasteiger partial charge in [0.05, 0.1) is 5.69 Å². The summed E-state index contributed by atoms with van der Waals surface area (Å²) in [6.07, 6.45) is -4.81. The first kappa shape index (κ1) is 21.2. The van der Waals surface area contributed by atoms with Gasteiger partial charge in [-0.05, 0) is 48.5 Å². The van der Waals surface area contributed by atoms with E-state index in [9.17, 15) is 22.8 Å². The Morgan fingerprint density at radius 3 is 2.47 bits per heavy atom. The summed E-state index contributed by atoms with van der Waals surface area (Å²) in [7, 11) is 0. The molecular formula is C21H16F3N3O5. The van der Waals surface area contributed by atoms with E-state index in [1.807, 2.05) is 0 Å². The molecule has 2 aromatic carbocycles. The van der Waals surface area contributed by atoms with Gasteiger partial charge in [0.2, 0.25) is 5.91 Å². The highest BCUT2D eigenvalue weighted by Gasteiger charge is 2.31. The molecule has 0 spiro atoms. The molecule has 0 aliphatic carbocycles. The number of fused-ring (bicyclic) bond motifs is 1. The third kappa shape index (κ3) is 5.17. The maximum absolute atomic E-state index is 12.3. The fraction of sp³-hybridized carbons (Fsp3) is 0.190. The lowest BCUT2D eigenvalue weighted by Crippen LogP contribution is -2.29. The number of nitrogens with zero attached hydrogens (tertiary/aromatic N) is 2. The molecule has 0 fully saturated rings. The van der Waals surface area contributed by atoms with Gasteiger partial charge in [-0.3, -0.25) is 9.59 Å². The largest absolute Gasteiger partial charge is 0.573 e. The minimum absolute atomic E-state index is 0.237. The number of amides is 1. The van der Waals surface area contributed by atoms with E-state index in [1.165, 1.54) is 24.3 Å². The van der Waals surface area contributed by atoms with Crippen LogP contribution in [0.3, 0.4) is 0 Å². The van der Waals surface area contributed by atoms with Crippen LogP contribution >= 0.6 is 0 Å². The van der Waals surface area contributed by atoms with Gasteiger partial charge < -0.3 is 19.5 Å². The van der Waals surface area contributed by atoms with Crippen LogP contribution in [-0.4, -0.2) is 35.3 Å². The molecule has 0 atom stereocenters. The van der Waals surface area contributed by atoms with Crippen LogP contribution in [0, 0.1) is 0 Å². The molecule has 0 radical (unpaired) electrons. The smallest absolute Gasteiger partial charge is 0.486 e. The Kier molecular flexibility index (Phi) is 5.71.